The van der Waals surface area contributed by atoms with Gasteiger partial charge in [0.2, 0.25) is 10.1 Å². The van der Waals surface area contributed by atoms with Gasteiger partial charge < -0.3 is 15.4 Å². The van der Waals surface area contributed by atoms with Crippen molar-refractivity contribution in [2.24, 2.45) is 0 Å². The van der Waals surface area contributed by atoms with E-state index in [1.165, 1.54) is 18.4 Å². The number of hydrogen-bond acceptors (Lipinski definition) is 6. The van der Waals surface area contributed by atoms with Crippen molar-refractivity contribution in [3.8, 4) is 5.75 Å². The van der Waals surface area contributed by atoms with Crippen LogP contribution >= 0.6 is 22.9 Å². The molecule has 0 radical (unpaired) electrons. The molecule has 1 heterocycles. The quantitative estimate of drug-likeness (QED) is 0.888. The van der Waals surface area contributed by atoms with E-state index in [0.29, 0.717) is 21.6 Å². The summed E-state index contributed by atoms with van der Waals surface area (Å²) in [5.41, 5.74) is 0.580. The van der Waals surface area contributed by atoms with E-state index < -0.39 is 0 Å². The van der Waals surface area contributed by atoms with Crippen LogP contribution < -0.4 is 15.4 Å². The number of hydrogen-bond donors (Lipinski definition) is 2. The molecule has 1 aromatic carbocycles. The van der Waals surface area contributed by atoms with Crippen LogP contribution in [0.3, 0.4) is 0 Å². The van der Waals surface area contributed by atoms with Gasteiger partial charge in [-0.25, -0.2) is 0 Å². The minimum atomic E-state index is -0.323. The Kier molecular flexibility index (Phi) is 4.75. The lowest BCUT2D eigenvalue weighted by atomic mass is 10.3. The zero-order valence-electron chi connectivity index (χ0n) is 10.9. The van der Waals surface area contributed by atoms with Gasteiger partial charge in [0.1, 0.15) is 5.75 Å². The van der Waals surface area contributed by atoms with E-state index in [0.717, 1.165) is 6.54 Å². The summed E-state index contributed by atoms with van der Waals surface area (Å²) in [4.78, 5) is 12.0. The molecule has 2 N–H and O–H groups in total. The highest BCUT2D eigenvalue weighted by atomic mass is 35.5. The SMILES string of the molecule is CCNc1nnc(C(=O)Nc2ccc(Cl)c(OC)c2)s1. The number of methoxy groups -OCH3 is 1. The average Bonchev–Trinajstić information content (AvgIpc) is 2.90. The Bertz CT molecular complexity index is 617. The number of ether oxygens (including phenoxy) is 1. The van der Waals surface area contributed by atoms with Crippen molar-refractivity contribution in [1.82, 2.24) is 10.2 Å². The number of benzene rings is 1. The third-order valence-electron chi connectivity index (χ3n) is 2.36. The van der Waals surface area contributed by atoms with E-state index >= 15 is 0 Å². The number of carbonyl (C=O) groups is 1. The summed E-state index contributed by atoms with van der Waals surface area (Å²) in [6.07, 6.45) is 0. The summed E-state index contributed by atoms with van der Waals surface area (Å²) in [7, 11) is 1.51. The normalized spacial score (nSPS) is 10.2. The summed E-state index contributed by atoms with van der Waals surface area (Å²) >= 11 is 7.12. The molecule has 0 bridgehead atoms. The second kappa shape index (κ2) is 6.53. The second-order valence-corrected chi connectivity index (χ2v) is 5.13. The fourth-order valence-electron chi connectivity index (χ4n) is 1.46. The third-order valence-corrected chi connectivity index (χ3v) is 3.55. The zero-order valence-corrected chi connectivity index (χ0v) is 12.5. The Labute approximate surface area is 125 Å². The maximum absolute atomic E-state index is 12.0. The van der Waals surface area contributed by atoms with Gasteiger partial charge in [-0.1, -0.05) is 22.9 Å². The Morgan fingerprint density at radius 1 is 1.45 bits per heavy atom. The predicted octanol–water partition coefficient (Wildman–Crippen LogP) is 2.88. The summed E-state index contributed by atoms with van der Waals surface area (Å²) < 4.78 is 5.09. The second-order valence-electron chi connectivity index (χ2n) is 3.75. The molecule has 0 fully saturated rings. The Morgan fingerprint density at radius 3 is 2.95 bits per heavy atom. The number of rotatable bonds is 5. The number of amides is 1. The summed E-state index contributed by atoms with van der Waals surface area (Å²) in [5, 5.41) is 14.8. The number of aromatic nitrogens is 2. The van der Waals surface area contributed by atoms with Crippen molar-refractivity contribution in [1.29, 1.82) is 0 Å². The lowest BCUT2D eigenvalue weighted by Gasteiger charge is -2.06. The lowest BCUT2D eigenvalue weighted by Crippen LogP contribution is -2.11. The van der Waals surface area contributed by atoms with Gasteiger partial charge in [-0.05, 0) is 19.1 Å². The standard InChI is InChI=1S/C12H13ClN4O2S/c1-3-14-12-17-16-11(20-12)10(18)15-7-4-5-8(13)9(6-7)19-2/h4-6H,3H2,1-2H3,(H,14,17)(H,15,18). The first-order chi connectivity index (χ1) is 9.63. The molecule has 6 nitrogen and oxygen atoms in total. The fraction of sp³-hybridized carbons (Fsp3) is 0.250. The van der Waals surface area contributed by atoms with Crippen molar-refractivity contribution in [2.75, 3.05) is 24.3 Å². The number of carbonyl (C=O) groups excluding carboxylic acids is 1. The maximum Gasteiger partial charge on any atom is 0.286 e. The molecule has 0 aliphatic carbocycles. The first kappa shape index (κ1) is 14.5. The van der Waals surface area contributed by atoms with Crippen LogP contribution in [0.2, 0.25) is 5.02 Å². The smallest absolute Gasteiger partial charge is 0.286 e. The van der Waals surface area contributed by atoms with Gasteiger partial charge >= 0.3 is 0 Å². The molecule has 20 heavy (non-hydrogen) atoms. The first-order valence-corrected chi connectivity index (χ1v) is 7.05. The summed E-state index contributed by atoms with van der Waals surface area (Å²) in [6.45, 7) is 2.67. The molecule has 1 aromatic heterocycles. The van der Waals surface area contributed by atoms with E-state index in [-0.39, 0.29) is 10.9 Å². The third kappa shape index (κ3) is 3.37. The molecule has 0 saturated heterocycles. The van der Waals surface area contributed by atoms with E-state index in [4.69, 9.17) is 16.3 Å². The largest absolute Gasteiger partial charge is 0.495 e. The summed E-state index contributed by atoms with van der Waals surface area (Å²) in [5.74, 6) is 0.172. The van der Waals surface area contributed by atoms with E-state index in [1.54, 1.807) is 18.2 Å². The lowest BCUT2D eigenvalue weighted by molar-refractivity contribution is 0.102. The molecular weight excluding hydrogens is 300 g/mol. The van der Waals surface area contributed by atoms with Gasteiger partial charge in [-0.3, -0.25) is 4.79 Å². The van der Waals surface area contributed by atoms with E-state index in [1.807, 2.05) is 6.92 Å². The molecule has 8 heteroatoms. The minimum Gasteiger partial charge on any atom is -0.495 e. The molecule has 0 spiro atoms. The number of halogens is 1. The molecule has 2 aromatic rings. The zero-order chi connectivity index (χ0) is 14.5. The van der Waals surface area contributed by atoms with Crippen LogP contribution in [0.4, 0.5) is 10.8 Å². The van der Waals surface area contributed by atoms with Crippen LogP contribution in [0.5, 0.6) is 5.75 Å². The van der Waals surface area contributed by atoms with Crippen LogP contribution in [-0.4, -0.2) is 29.8 Å². The molecule has 106 valence electrons. The van der Waals surface area contributed by atoms with Crippen molar-refractivity contribution in [2.45, 2.75) is 6.92 Å². The van der Waals surface area contributed by atoms with E-state index in [9.17, 15) is 4.79 Å². The van der Waals surface area contributed by atoms with Crippen LogP contribution in [0.1, 0.15) is 16.7 Å². The van der Waals surface area contributed by atoms with Crippen LogP contribution in [0, 0.1) is 0 Å². The van der Waals surface area contributed by atoms with Gasteiger partial charge in [-0.2, -0.15) is 0 Å². The Morgan fingerprint density at radius 2 is 2.25 bits per heavy atom. The topological polar surface area (TPSA) is 76.1 Å². The fourth-order valence-corrected chi connectivity index (χ4v) is 2.36. The minimum absolute atomic E-state index is 0.287. The van der Waals surface area contributed by atoms with Crippen molar-refractivity contribution in [3.63, 3.8) is 0 Å². The van der Waals surface area contributed by atoms with Crippen molar-refractivity contribution >= 4 is 39.7 Å². The summed E-state index contributed by atoms with van der Waals surface area (Å²) in [6, 6.07) is 4.99. The highest BCUT2D eigenvalue weighted by Gasteiger charge is 2.13. The van der Waals surface area contributed by atoms with Crippen molar-refractivity contribution < 1.29 is 9.53 Å². The van der Waals surface area contributed by atoms with Gasteiger partial charge in [0, 0.05) is 18.3 Å². The predicted molar refractivity (Wildman–Crippen MR) is 80.0 cm³/mol. The maximum atomic E-state index is 12.0. The van der Waals surface area contributed by atoms with Crippen LogP contribution in [0.15, 0.2) is 18.2 Å². The van der Waals surface area contributed by atoms with E-state index in [2.05, 4.69) is 20.8 Å². The molecule has 0 aliphatic heterocycles. The van der Waals surface area contributed by atoms with Gasteiger partial charge in [0.15, 0.2) is 0 Å². The number of nitrogens with one attached hydrogen (secondary N) is 2. The van der Waals surface area contributed by atoms with Crippen molar-refractivity contribution in [3.05, 3.63) is 28.2 Å². The Hall–Kier alpha value is -1.86. The molecule has 0 unspecified atom stereocenters. The number of anilines is 2. The first-order valence-electron chi connectivity index (χ1n) is 5.86. The van der Waals surface area contributed by atoms with Crippen LogP contribution in [0.25, 0.3) is 0 Å². The highest BCUT2D eigenvalue weighted by Crippen LogP contribution is 2.27. The van der Waals surface area contributed by atoms with Gasteiger partial charge in [-0.15, -0.1) is 10.2 Å². The molecule has 1 amide bonds. The molecular formula is C12H13ClN4O2S. The average molecular weight is 313 g/mol. The van der Waals surface area contributed by atoms with Gasteiger partial charge in [0.05, 0.1) is 12.1 Å². The highest BCUT2D eigenvalue weighted by molar-refractivity contribution is 7.17. The van der Waals surface area contributed by atoms with Crippen LogP contribution in [-0.2, 0) is 0 Å². The monoisotopic (exact) mass is 312 g/mol. The van der Waals surface area contributed by atoms with Gasteiger partial charge in [0.25, 0.3) is 5.91 Å². The molecule has 0 atom stereocenters. The molecule has 0 saturated carbocycles. The number of nitrogens with zero attached hydrogens (tertiary/aromatic N) is 2. The molecule has 2 rings (SSSR count). The molecule has 0 aliphatic rings. The Balaban J connectivity index is 2.10.